The monoisotopic (exact) mass is 437 g/mol. The van der Waals surface area contributed by atoms with Crippen LogP contribution in [0, 0.1) is 0 Å². The van der Waals surface area contributed by atoms with E-state index in [1.807, 2.05) is 0 Å². The van der Waals surface area contributed by atoms with Gasteiger partial charge in [0.1, 0.15) is 0 Å². The van der Waals surface area contributed by atoms with Crippen molar-refractivity contribution < 1.29 is 19.0 Å². The number of anilines is 1. The first kappa shape index (κ1) is 21.4. The van der Waals surface area contributed by atoms with Crippen LogP contribution >= 0.6 is 22.9 Å². The number of nitrogens with zero attached hydrogens (tertiary/aromatic N) is 2. The summed E-state index contributed by atoms with van der Waals surface area (Å²) in [5.74, 6) is 0.971. The summed E-state index contributed by atoms with van der Waals surface area (Å²) >= 11 is 7.75. The predicted molar refractivity (Wildman–Crippen MR) is 115 cm³/mol. The SMILES string of the molecule is CCOC(=O)Cc1csc(NN=Cc2cc(OC)c(OC3CCCC3)cc2Cl)n1. The number of rotatable bonds is 9. The minimum absolute atomic E-state index is 0.140. The highest BCUT2D eigenvalue weighted by Gasteiger charge is 2.19. The maximum Gasteiger partial charge on any atom is 0.311 e. The lowest BCUT2D eigenvalue weighted by Crippen LogP contribution is -2.11. The molecule has 29 heavy (non-hydrogen) atoms. The van der Waals surface area contributed by atoms with E-state index in [1.165, 1.54) is 24.2 Å². The second kappa shape index (κ2) is 10.5. The Morgan fingerprint density at radius 3 is 2.90 bits per heavy atom. The number of benzene rings is 1. The van der Waals surface area contributed by atoms with Crippen LogP contribution in [-0.2, 0) is 16.0 Å². The lowest BCUT2D eigenvalue weighted by atomic mass is 10.2. The average Bonchev–Trinajstić information content (AvgIpc) is 3.36. The first-order chi connectivity index (χ1) is 14.1. The van der Waals surface area contributed by atoms with E-state index in [1.54, 1.807) is 37.8 Å². The number of halogens is 1. The molecule has 1 aromatic heterocycles. The van der Waals surface area contributed by atoms with Crippen LogP contribution in [0.15, 0.2) is 22.6 Å². The van der Waals surface area contributed by atoms with Crippen molar-refractivity contribution in [2.75, 3.05) is 19.1 Å². The van der Waals surface area contributed by atoms with E-state index in [4.69, 9.17) is 25.8 Å². The van der Waals surface area contributed by atoms with Gasteiger partial charge in [0.05, 0.1) is 43.2 Å². The second-order valence-corrected chi connectivity index (χ2v) is 7.81. The zero-order chi connectivity index (χ0) is 20.6. The van der Waals surface area contributed by atoms with E-state index < -0.39 is 0 Å². The number of hydrogen-bond donors (Lipinski definition) is 1. The zero-order valence-corrected chi connectivity index (χ0v) is 18.0. The maximum absolute atomic E-state index is 11.5. The van der Waals surface area contributed by atoms with Crippen molar-refractivity contribution in [3.8, 4) is 11.5 Å². The van der Waals surface area contributed by atoms with Crippen LogP contribution in [-0.4, -0.2) is 37.0 Å². The average molecular weight is 438 g/mol. The lowest BCUT2D eigenvalue weighted by molar-refractivity contribution is -0.142. The summed E-state index contributed by atoms with van der Waals surface area (Å²) < 4.78 is 16.4. The number of aromatic nitrogens is 1. The predicted octanol–water partition coefficient (Wildman–Crippen LogP) is 4.68. The molecule has 0 atom stereocenters. The van der Waals surface area contributed by atoms with E-state index in [2.05, 4.69) is 15.5 Å². The van der Waals surface area contributed by atoms with Gasteiger partial charge in [-0.3, -0.25) is 10.2 Å². The van der Waals surface area contributed by atoms with Crippen molar-refractivity contribution >= 4 is 40.3 Å². The molecule has 9 heteroatoms. The Labute approximate surface area is 179 Å². The summed E-state index contributed by atoms with van der Waals surface area (Å²) in [6.07, 6.45) is 6.44. The maximum atomic E-state index is 11.5. The number of hydrogen-bond acceptors (Lipinski definition) is 8. The van der Waals surface area contributed by atoms with Gasteiger partial charge in [0, 0.05) is 17.0 Å². The molecule has 2 aromatic rings. The van der Waals surface area contributed by atoms with Crippen molar-refractivity contribution in [1.82, 2.24) is 4.98 Å². The summed E-state index contributed by atoms with van der Waals surface area (Å²) in [5, 5.41) is 7.07. The van der Waals surface area contributed by atoms with Crippen molar-refractivity contribution in [2.24, 2.45) is 5.10 Å². The Morgan fingerprint density at radius 1 is 1.38 bits per heavy atom. The van der Waals surface area contributed by atoms with E-state index in [0.717, 1.165) is 12.8 Å². The Balaban J connectivity index is 1.62. The molecule has 0 aliphatic heterocycles. The minimum atomic E-state index is -0.299. The van der Waals surface area contributed by atoms with Crippen molar-refractivity contribution in [1.29, 1.82) is 0 Å². The third-order valence-corrected chi connectivity index (χ3v) is 5.55. The summed E-state index contributed by atoms with van der Waals surface area (Å²) in [6.45, 7) is 2.13. The van der Waals surface area contributed by atoms with E-state index in [0.29, 0.717) is 39.5 Å². The molecule has 3 rings (SSSR count). The first-order valence-electron chi connectivity index (χ1n) is 9.52. The fraction of sp³-hybridized carbons (Fsp3) is 0.450. The molecule has 1 heterocycles. The zero-order valence-electron chi connectivity index (χ0n) is 16.4. The number of esters is 1. The quantitative estimate of drug-likeness (QED) is 0.348. The molecular formula is C20H24ClN3O4S. The number of ether oxygens (including phenoxy) is 3. The molecule has 156 valence electrons. The molecule has 0 amide bonds. The summed E-state index contributed by atoms with van der Waals surface area (Å²) in [6, 6.07) is 3.56. The molecule has 1 fully saturated rings. The summed E-state index contributed by atoms with van der Waals surface area (Å²) in [7, 11) is 1.60. The van der Waals surface area contributed by atoms with Gasteiger partial charge in [-0.25, -0.2) is 4.98 Å². The number of carbonyl (C=O) groups is 1. The largest absolute Gasteiger partial charge is 0.493 e. The standard InChI is InChI=1S/C20H24ClN3O4S/c1-3-27-19(25)9-14-12-29-20(23-14)24-22-11-13-8-17(26-2)18(10-16(13)21)28-15-6-4-5-7-15/h8,10-12,15H,3-7,9H2,1-2H3,(H,23,24). The molecule has 0 radical (unpaired) electrons. The van der Waals surface area contributed by atoms with Crippen LogP contribution < -0.4 is 14.9 Å². The van der Waals surface area contributed by atoms with Gasteiger partial charge in [-0.1, -0.05) is 11.6 Å². The number of methoxy groups -OCH3 is 1. The molecule has 0 saturated heterocycles. The first-order valence-corrected chi connectivity index (χ1v) is 10.8. The molecule has 0 bridgehead atoms. The van der Waals surface area contributed by atoms with Crippen LogP contribution in [0.1, 0.15) is 43.9 Å². The summed E-state index contributed by atoms with van der Waals surface area (Å²) in [5.41, 5.74) is 4.18. The Kier molecular flexibility index (Phi) is 7.71. The van der Waals surface area contributed by atoms with Gasteiger partial charge < -0.3 is 14.2 Å². The topological polar surface area (TPSA) is 82.0 Å². The Morgan fingerprint density at radius 2 is 2.17 bits per heavy atom. The number of hydrazone groups is 1. The van der Waals surface area contributed by atoms with Crippen molar-refractivity contribution in [2.45, 2.75) is 45.1 Å². The van der Waals surface area contributed by atoms with Crippen molar-refractivity contribution in [3.63, 3.8) is 0 Å². The third-order valence-electron chi connectivity index (χ3n) is 4.43. The molecule has 0 spiro atoms. The van der Waals surface area contributed by atoms with Gasteiger partial charge in [0.2, 0.25) is 5.13 Å². The van der Waals surface area contributed by atoms with Gasteiger partial charge in [0.25, 0.3) is 0 Å². The van der Waals surface area contributed by atoms with Crippen LogP contribution in [0.25, 0.3) is 0 Å². The van der Waals surface area contributed by atoms with Crippen LogP contribution in [0.2, 0.25) is 5.02 Å². The van der Waals surface area contributed by atoms with E-state index in [-0.39, 0.29) is 18.5 Å². The lowest BCUT2D eigenvalue weighted by Gasteiger charge is -2.16. The van der Waals surface area contributed by atoms with Crippen LogP contribution in [0.5, 0.6) is 11.5 Å². The second-order valence-electron chi connectivity index (χ2n) is 6.54. The number of thiazole rings is 1. The fourth-order valence-corrected chi connectivity index (χ4v) is 3.91. The minimum Gasteiger partial charge on any atom is -0.493 e. The Bertz CT molecular complexity index is 865. The van der Waals surface area contributed by atoms with Gasteiger partial charge >= 0.3 is 5.97 Å². The van der Waals surface area contributed by atoms with Gasteiger partial charge in [-0.05, 0) is 38.7 Å². The molecule has 1 aliphatic rings. The van der Waals surface area contributed by atoms with Gasteiger partial charge in [-0.15, -0.1) is 11.3 Å². The third kappa shape index (κ3) is 6.08. The Hall–Kier alpha value is -2.32. The molecule has 1 saturated carbocycles. The van der Waals surface area contributed by atoms with Gasteiger partial charge in [0.15, 0.2) is 11.5 Å². The highest BCUT2D eigenvalue weighted by Crippen LogP contribution is 2.35. The van der Waals surface area contributed by atoms with Crippen molar-refractivity contribution in [3.05, 3.63) is 33.8 Å². The number of carbonyl (C=O) groups excluding carboxylic acids is 1. The van der Waals surface area contributed by atoms with E-state index in [9.17, 15) is 4.79 Å². The smallest absolute Gasteiger partial charge is 0.311 e. The molecular weight excluding hydrogens is 414 g/mol. The molecule has 0 unspecified atom stereocenters. The molecule has 1 aromatic carbocycles. The molecule has 1 N–H and O–H groups in total. The molecule has 1 aliphatic carbocycles. The van der Waals surface area contributed by atoms with E-state index >= 15 is 0 Å². The fourth-order valence-electron chi connectivity index (χ4n) is 3.04. The molecule has 7 nitrogen and oxygen atoms in total. The van der Waals surface area contributed by atoms with Crippen LogP contribution in [0.4, 0.5) is 5.13 Å². The highest BCUT2D eigenvalue weighted by molar-refractivity contribution is 7.13. The normalized spacial score (nSPS) is 14.3. The van der Waals surface area contributed by atoms with Gasteiger partial charge in [-0.2, -0.15) is 5.10 Å². The summed E-state index contributed by atoms with van der Waals surface area (Å²) in [4.78, 5) is 15.8. The highest BCUT2D eigenvalue weighted by atomic mass is 35.5. The van der Waals surface area contributed by atoms with Crippen LogP contribution in [0.3, 0.4) is 0 Å². The number of nitrogens with one attached hydrogen (secondary N) is 1.